The molecule has 0 spiro atoms. The van der Waals surface area contributed by atoms with Crippen molar-refractivity contribution in [2.45, 2.75) is 62.7 Å². The van der Waals surface area contributed by atoms with Gasteiger partial charge in [-0.2, -0.15) is 0 Å². The minimum Gasteiger partial charge on any atom is -0.504 e. The van der Waals surface area contributed by atoms with Gasteiger partial charge in [-0.15, -0.1) is 0 Å². The van der Waals surface area contributed by atoms with E-state index >= 15 is 0 Å². The molecule has 2 aliphatic carbocycles. The Balaban J connectivity index is 1.61. The third-order valence-electron chi connectivity index (χ3n) is 7.80. The van der Waals surface area contributed by atoms with Gasteiger partial charge in [0.25, 0.3) is 0 Å². The number of benzene rings is 2. The summed E-state index contributed by atoms with van der Waals surface area (Å²) < 4.78 is 12.6. The van der Waals surface area contributed by atoms with Crippen LogP contribution in [0, 0.1) is 0 Å². The van der Waals surface area contributed by atoms with Gasteiger partial charge >= 0.3 is 0 Å². The zero-order valence-corrected chi connectivity index (χ0v) is 18.4. The van der Waals surface area contributed by atoms with E-state index in [0.29, 0.717) is 38.2 Å². The smallest absolute Gasteiger partial charge is 0.161 e. The van der Waals surface area contributed by atoms with Crippen molar-refractivity contribution in [2.75, 3.05) is 20.2 Å². The fourth-order valence-electron chi connectivity index (χ4n) is 6.49. The number of likely N-dealkylation sites (N-methyl/N-ethyl adjacent to an activating group) is 1. The number of Topliss-reactive ketones (excluding diaryl/α,β-unsaturated/α-hetero) is 1. The van der Waals surface area contributed by atoms with E-state index in [1.807, 2.05) is 43.3 Å². The molecule has 3 atom stereocenters. The van der Waals surface area contributed by atoms with Gasteiger partial charge in [-0.1, -0.05) is 36.4 Å². The number of carbonyl (C=O) groups is 1. The number of ketones is 1. The zero-order chi connectivity index (χ0) is 21.6. The topological polar surface area (TPSA) is 59.0 Å². The second-order valence-electron chi connectivity index (χ2n) is 9.29. The van der Waals surface area contributed by atoms with Gasteiger partial charge in [0.05, 0.1) is 5.60 Å². The average molecular weight is 422 g/mol. The van der Waals surface area contributed by atoms with Crippen molar-refractivity contribution < 1.29 is 19.4 Å². The molecule has 2 fully saturated rings. The molecule has 0 radical (unpaired) electrons. The maximum Gasteiger partial charge on any atom is 0.161 e. The van der Waals surface area contributed by atoms with Gasteiger partial charge in [0.15, 0.2) is 11.5 Å². The number of nitrogens with zero attached hydrogens (tertiary/aromatic N) is 1. The van der Waals surface area contributed by atoms with Crippen molar-refractivity contribution in [3.05, 3.63) is 59.2 Å². The van der Waals surface area contributed by atoms with Crippen LogP contribution in [0.5, 0.6) is 11.5 Å². The lowest BCUT2D eigenvalue weighted by Gasteiger charge is -2.64. The molecule has 5 nitrogen and oxygen atoms in total. The van der Waals surface area contributed by atoms with Crippen molar-refractivity contribution in [3.63, 3.8) is 0 Å². The Hall–Kier alpha value is -2.37. The fourth-order valence-corrected chi connectivity index (χ4v) is 6.49. The van der Waals surface area contributed by atoms with E-state index in [2.05, 4.69) is 18.0 Å². The number of aromatic hydroxyl groups is 1. The number of rotatable bonds is 5. The van der Waals surface area contributed by atoms with Crippen LogP contribution < -0.4 is 4.74 Å². The quantitative estimate of drug-likeness (QED) is 0.791. The number of ether oxygens (including phenoxy) is 2. The summed E-state index contributed by atoms with van der Waals surface area (Å²) in [5, 5.41) is 11.5. The predicted octanol–water partition coefficient (Wildman–Crippen LogP) is 4.00. The summed E-state index contributed by atoms with van der Waals surface area (Å²) in [7, 11) is 2.16. The minimum absolute atomic E-state index is 0.190. The van der Waals surface area contributed by atoms with Crippen LogP contribution in [0.4, 0.5) is 0 Å². The Bertz CT molecular complexity index is 990. The molecular formula is C26H31NO4. The summed E-state index contributed by atoms with van der Waals surface area (Å²) in [6, 6.07) is 14.1. The molecule has 0 unspecified atom stereocenters. The molecule has 5 rings (SSSR count). The molecule has 0 amide bonds. The Kier molecular flexibility index (Phi) is 5.06. The van der Waals surface area contributed by atoms with E-state index in [-0.39, 0.29) is 17.6 Å². The van der Waals surface area contributed by atoms with Gasteiger partial charge in [-0.25, -0.2) is 0 Å². The predicted molar refractivity (Wildman–Crippen MR) is 119 cm³/mol. The number of hydrogen-bond acceptors (Lipinski definition) is 5. The van der Waals surface area contributed by atoms with Crippen LogP contribution in [0.3, 0.4) is 0 Å². The lowest BCUT2D eigenvalue weighted by Crippen LogP contribution is -2.73. The highest BCUT2D eigenvalue weighted by Gasteiger charge is 2.66. The van der Waals surface area contributed by atoms with E-state index < -0.39 is 11.0 Å². The van der Waals surface area contributed by atoms with Crippen molar-refractivity contribution >= 4 is 5.78 Å². The average Bonchev–Trinajstić information content (AvgIpc) is 2.77. The molecule has 2 aromatic carbocycles. The van der Waals surface area contributed by atoms with Crippen LogP contribution in [-0.4, -0.2) is 47.6 Å². The highest BCUT2D eigenvalue weighted by Crippen LogP contribution is 2.61. The normalized spacial score (nSPS) is 29.9. The first-order valence-electron chi connectivity index (χ1n) is 11.4. The second-order valence-corrected chi connectivity index (χ2v) is 9.29. The SMILES string of the molecule is CCO[C@@]12CCC(=O)C[C@@]13CCN(C)[C@@H]2Cc1ccc(OCc2ccccc2)c(O)c13. The first kappa shape index (κ1) is 20.5. The van der Waals surface area contributed by atoms with Crippen molar-refractivity contribution in [1.82, 2.24) is 4.90 Å². The van der Waals surface area contributed by atoms with E-state index in [4.69, 9.17) is 9.47 Å². The Morgan fingerprint density at radius 2 is 1.97 bits per heavy atom. The molecule has 5 heteroatoms. The lowest BCUT2D eigenvalue weighted by atomic mass is 9.49. The first-order valence-corrected chi connectivity index (χ1v) is 11.4. The molecule has 1 aliphatic heterocycles. The van der Waals surface area contributed by atoms with Crippen molar-refractivity contribution in [3.8, 4) is 11.5 Å². The molecule has 1 saturated heterocycles. The second kappa shape index (κ2) is 7.64. The van der Waals surface area contributed by atoms with Gasteiger partial charge in [-0.05, 0) is 57.0 Å². The monoisotopic (exact) mass is 421 g/mol. The summed E-state index contributed by atoms with van der Waals surface area (Å²) in [6.07, 6.45) is 3.30. The van der Waals surface area contributed by atoms with Crippen molar-refractivity contribution in [2.24, 2.45) is 0 Å². The highest BCUT2D eigenvalue weighted by atomic mass is 16.5. The van der Waals surface area contributed by atoms with E-state index in [1.165, 1.54) is 0 Å². The van der Waals surface area contributed by atoms with Gasteiger partial charge in [0.2, 0.25) is 0 Å². The number of piperidine rings is 1. The molecule has 31 heavy (non-hydrogen) atoms. The summed E-state index contributed by atoms with van der Waals surface area (Å²) in [4.78, 5) is 15.2. The molecule has 1 saturated carbocycles. The molecule has 1 heterocycles. The Morgan fingerprint density at radius 1 is 1.16 bits per heavy atom. The van der Waals surface area contributed by atoms with Crippen molar-refractivity contribution in [1.29, 1.82) is 0 Å². The number of phenolic OH excluding ortho intramolecular Hbond substituents is 1. The van der Waals surface area contributed by atoms with E-state index in [9.17, 15) is 9.90 Å². The Morgan fingerprint density at radius 3 is 2.74 bits per heavy atom. The van der Waals surface area contributed by atoms with Gasteiger partial charge in [-0.3, -0.25) is 4.79 Å². The van der Waals surface area contributed by atoms with Gasteiger partial charge < -0.3 is 19.5 Å². The number of carbonyl (C=O) groups excluding carboxylic acids is 1. The zero-order valence-electron chi connectivity index (χ0n) is 18.4. The molecule has 1 N–H and O–H groups in total. The van der Waals surface area contributed by atoms with Crippen LogP contribution in [0.15, 0.2) is 42.5 Å². The summed E-state index contributed by atoms with van der Waals surface area (Å²) in [5.74, 6) is 0.939. The van der Waals surface area contributed by atoms with Crippen LogP contribution in [-0.2, 0) is 28.0 Å². The fraction of sp³-hybridized carbons (Fsp3) is 0.500. The summed E-state index contributed by atoms with van der Waals surface area (Å²) >= 11 is 0. The first-order chi connectivity index (χ1) is 15.0. The number of fused-ring (bicyclic) bond motifs is 1. The van der Waals surface area contributed by atoms with Crippen LogP contribution in [0.1, 0.15) is 49.3 Å². The van der Waals surface area contributed by atoms with Gasteiger partial charge in [0, 0.05) is 36.5 Å². The standard InChI is InChI=1S/C26H31NO4/c1-3-31-26-12-11-20(28)16-25(26)13-14-27(2)22(26)15-19-9-10-21(24(29)23(19)25)30-17-18-7-5-4-6-8-18/h4-10,22,29H,3,11-17H2,1-2H3/t22-,25-,26-/m1/s1. The highest BCUT2D eigenvalue weighted by molar-refractivity contribution is 5.83. The van der Waals surface area contributed by atoms with E-state index in [0.717, 1.165) is 36.1 Å². The molecular weight excluding hydrogens is 390 g/mol. The Labute approximate surface area is 184 Å². The molecule has 3 aliphatic rings. The van der Waals surface area contributed by atoms with Crippen LogP contribution >= 0.6 is 0 Å². The lowest BCUT2D eigenvalue weighted by molar-refractivity contribution is -0.194. The largest absolute Gasteiger partial charge is 0.504 e. The summed E-state index contributed by atoms with van der Waals surface area (Å²) in [5.41, 5.74) is 2.11. The molecule has 2 aromatic rings. The third-order valence-corrected chi connectivity index (χ3v) is 7.80. The molecule has 2 bridgehead atoms. The number of likely N-dealkylation sites (tertiary alicyclic amines) is 1. The molecule has 0 aromatic heterocycles. The van der Waals surface area contributed by atoms with Crippen LogP contribution in [0.25, 0.3) is 0 Å². The number of hydrogen-bond donors (Lipinski definition) is 1. The summed E-state index contributed by atoms with van der Waals surface area (Å²) in [6.45, 7) is 3.91. The van der Waals surface area contributed by atoms with Gasteiger partial charge in [0.1, 0.15) is 12.4 Å². The maximum atomic E-state index is 12.8. The molecule has 164 valence electrons. The van der Waals surface area contributed by atoms with E-state index in [1.54, 1.807) is 0 Å². The number of phenols is 1. The van der Waals surface area contributed by atoms with Crippen LogP contribution in [0.2, 0.25) is 0 Å². The third kappa shape index (κ3) is 3.01. The minimum atomic E-state index is -0.501. The maximum absolute atomic E-state index is 12.8.